The van der Waals surface area contributed by atoms with E-state index in [2.05, 4.69) is 0 Å². The van der Waals surface area contributed by atoms with Gasteiger partial charge in [0.15, 0.2) is 0 Å². The van der Waals surface area contributed by atoms with Crippen molar-refractivity contribution in [3.63, 3.8) is 0 Å². The van der Waals surface area contributed by atoms with Crippen LogP contribution in [-0.2, 0) is 16.0 Å². The van der Waals surface area contributed by atoms with Gasteiger partial charge in [0.05, 0.1) is 26.2 Å². The van der Waals surface area contributed by atoms with E-state index in [0.29, 0.717) is 13.0 Å². The first-order chi connectivity index (χ1) is 8.15. The molecule has 0 amide bonds. The van der Waals surface area contributed by atoms with E-state index < -0.39 is 6.10 Å². The van der Waals surface area contributed by atoms with Crippen LogP contribution < -0.4 is 4.74 Å². The Hall–Kier alpha value is -1.55. The summed E-state index contributed by atoms with van der Waals surface area (Å²) >= 11 is 0. The number of hydrogen-bond acceptors (Lipinski definition) is 4. The van der Waals surface area contributed by atoms with Crippen molar-refractivity contribution in [3.8, 4) is 5.75 Å². The zero-order chi connectivity index (χ0) is 12.7. The lowest BCUT2D eigenvalue weighted by Gasteiger charge is -2.10. The van der Waals surface area contributed by atoms with E-state index in [9.17, 15) is 9.90 Å². The average Bonchev–Trinajstić information content (AvgIpc) is 2.29. The largest absolute Gasteiger partial charge is 0.497 e. The molecule has 0 spiro atoms. The Balaban J connectivity index is 2.49. The topological polar surface area (TPSA) is 55.8 Å². The molecule has 94 valence electrons. The Labute approximate surface area is 101 Å². The van der Waals surface area contributed by atoms with Crippen molar-refractivity contribution in [1.82, 2.24) is 0 Å². The summed E-state index contributed by atoms with van der Waals surface area (Å²) in [6, 6.07) is 7.41. The van der Waals surface area contributed by atoms with Crippen molar-refractivity contribution in [3.05, 3.63) is 29.8 Å². The van der Waals surface area contributed by atoms with Gasteiger partial charge in [-0.3, -0.25) is 4.79 Å². The monoisotopic (exact) mass is 238 g/mol. The molecule has 4 nitrogen and oxygen atoms in total. The predicted octanol–water partition coefficient (Wildman–Crippen LogP) is 1.55. The van der Waals surface area contributed by atoms with Gasteiger partial charge in [0.25, 0.3) is 0 Å². The van der Waals surface area contributed by atoms with Crippen LogP contribution in [-0.4, -0.2) is 30.9 Å². The molecule has 0 saturated heterocycles. The summed E-state index contributed by atoms with van der Waals surface area (Å²) in [6.07, 6.45) is -0.290. The maximum Gasteiger partial charge on any atom is 0.308 e. The molecule has 1 aromatic rings. The highest BCUT2D eigenvalue weighted by atomic mass is 16.5. The van der Waals surface area contributed by atoms with Gasteiger partial charge in [0.2, 0.25) is 0 Å². The van der Waals surface area contributed by atoms with Crippen molar-refractivity contribution in [1.29, 1.82) is 0 Å². The van der Waals surface area contributed by atoms with Gasteiger partial charge in [0, 0.05) is 0 Å². The van der Waals surface area contributed by atoms with Crippen LogP contribution in [0.5, 0.6) is 5.75 Å². The lowest BCUT2D eigenvalue weighted by atomic mass is 10.1. The summed E-state index contributed by atoms with van der Waals surface area (Å²) in [5, 5.41) is 9.72. The molecule has 1 rings (SSSR count). The van der Waals surface area contributed by atoms with E-state index in [-0.39, 0.29) is 12.4 Å². The predicted molar refractivity (Wildman–Crippen MR) is 64.0 cm³/mol. The van der Waals surface area contributed by atoms with Crippen molar-refractivity contribution < 1.29 is 19.4 Å². The fraction of sp³-hybridized carbons (Fsp3) is 0.462. The molecule has 0 aromatic heterocycles. The number of aliphatic hydroxyl groups is 1. The summed E-state index contributed by atoms with van der Waals surface area (Å²) in [5.41, 5.74) is 0.932. The van der Waals surface area contributed by atoms with Gasteiger partial charge in [-0.1, -0.05) is 12.1 Å². The van der Waals surface area contributed by atoms with Crippen LogP contribution in [0.1, 0.15) is 18.9 Å². The van der Waals surface area contributed by atoms with E-state index in [0.717, 1.165) is 11.3 Å². The van der Waals surface area contributed by atoms with Gasteiger partial charge < -0.3 is 14.6 Å². The molecule has 0 aliphatic rings. The van der Waals surface area contributed by atoms with Crippen molar-refractivity contribution in [2.24, 2.45) is 0 Å². The van der Waals surface area contributed by atoms with Gasteiger partial charge in [-0.25, -0.2) is 0 Å². The second kappa shape index (κ2) is 6.91. The second-order valence-electron chi connectivity index (χ2n) is 3.72. The molecule has 0 heterocycles. The number of rotatable bonds is 6. The number of aliphatic hydroxyl groups excluding tert-OH is 1. The first-order valence-electron chi connectivity index (χ1n) is 5.62. The molecule has 4 heteroatoms. The molecular weight excluding hydrogens is 220 g/mol. The van der Waals surface area contributed by atoms with E-state index in [4.69, 9.17) is 9.47 Å². The zero-order valence-electron chi connectivity index (χ0n) is 10.2. The standard InChI is InChI=1S/C13H18O4/c1-3-17-13(15)9-11(14)7-10-5-4-6-12(8-10)16-2/h4-6,8,11,14H,3,7,9H2,1-2H3/t11-/m1/s1. The third kappa shape index (κ3) is 4.87. The van der Waals surface area contributed by atoms with Crippen LogP contribution in [0.25, 0.3) is 0 Å². The number of esters is 1. The summed E-state index contributed by atoms with van der Waals surface area (Å²) in [6.45, 7) is 2.08. The zero-order valence-corrected chi connectivity index (χ0v) is 10.2. The lowest BCUT2D eigenvalue weighted by Crippen LogP contribution is -2.18. The number of methoxy groups -OCH3 is 1. The third-order valence-electron chi connectivity index (χ3n) is 2.31. The fourth-order valence-corrected chi connectivity index (χ4v) is 1.56. The van der Waals surface area contributed by atoms with E-state index in [1.54, 1.807) is 14.0 Å². The molecule has 0 unspecified atom stereocenters. The van der Waals surface area contributed by atoms with Gasteiger partial charge in [-0.05, 0) is 31.0 Å². The Morgan fingerprint density at radius 2 is 2.24 bits per heavy atom. The number of benzene rings is 1. The number of hydrogen-bond donors (Lipinski definition) is 1. The minimum absolute atomic E-state index is 0.0189. The molecule has 0 radical (unpaired) electrons. The first-order valence-corrected chi connectivity index (χ1v) is 5.62. The molecule has 0 fully saturated rings. The quantitative estimate of drug-likeness (QED) is 0.764. The normalized spacial score (nSPS) is 11.9. The third-order valence-corrected chi connectivity index (χ3v) is 2.31. The van der Waals surface area contributed by atoms with Gasteiger partial charge in [-0.15, -0.1) is 0 Å². The number of carbonyl (C=O) groups is 1. The maximum absolute atomic E-state index is 11.2. The summed E-state index contributed by atoms with van der Waals surface area (Å²) in [7, 11) is 1.59. The van der Waals surface area contributed by atoms with Crippen LogP contribution in [0.4, 0.5) is 0 Å². The minimum atomic E-state index is -0.721. The van der Waals surface area contributed by atoms with Crippen LogP contribution in [0.3, 0.4) is 0 Å². The highest BCUT2D eigenvalue weighted by Crippen LogP contribution is 2.14. The molecule has 1 atom stereocenters. The van der Waals surface area contributed by atoms with Gasteiger partial charge in [0.1, 0.15) is 5.75 Å². The SMILES string of the molecule is CCOC(=O)C[C@H](O)Cc1cccc(OC)c1. The maximum atomic E-state index is 11.2. The molecule has 0 saturated carbocycles. The van der Waals surface area contributed by atoms with Crippen LogP contribution in [0.15, 0.2) is 24.3 Å². The molecular formula is C13H18O4. The molecule has 0 aliphatic carbocycles. The Kier molecular flexibility index (Phi) is 5.49. The summed E-state index contributed by atoms with van der Waals surface area (Å²) in [4.78, 5) is 11.2. The minimum Gasteiger partial charge on any atom is -0.497 e. The highest BCUT2D eigenvalue weighted by Gasteiger charge is 2.12. The van der Waals surface area contributed by atoms with Crippen molar-refractivity contribution in [2.45, 2.75) is 25.9 Å². The smallest absolute Gasteiger partial charge is 0.308 e. The second-order valence-corrected chi connectivity index (χ2v) is 3.72. The van der Waals surface area contributed by atoms with Crippen molar-refractivity contribution >= 4 is 5.97 Å². The Bertz CT molecular complexity index is 362. The molecule has 1 N–H and O–H groups in total. The van der Waals surface area contributed by atoms with E-state index in [1.165, 1.54) is 0 Å². The molecule has 1 aromatic carbocycles. The van der Waals surface area contributed by atoms with Crippen molar-refractivity contribution in [2.75, 3.05) is 13.7 Å². The van der Waals surface area contributed by atoms with Crippen LogP contribution in [0.2, 0.25) is 0 Å². The molecule has 0 aliphatic heterocycles. The Morgan fingerprint density at radius 1 is 1.47 bits per heavy atom. The highest BCUT2D eigenvalue weighted by molar-refractivity contribution is 5.69. The number of carbonyl (C=O) groups excluding carboxylic acids is 1. The van der Waals surface area contributed by atoms with Gasteiger partial charge >= 0.3 is 5.97 Å². The molecule has 0 bridgehead atoms. The van der Waals surface area contributed by atoms with Gasteiger partial charge in [-0.2, -0.15) is 0 Å². The lowest BCUT2D eigenvalue weighted by molar-refractivity contribution is -0.145. The molecule has 17 heavy (non-hydrogen) atoms. The average molecular weight is 238 g/mol. The van der Waals surface area contributed by atoms with Crippen LogP contribution in [0, 0.1) is 0 Å². The van der Waals surface area contributed by atoms with Crippen LogP contribution >= 0.6 is 0 Å². The summed E-state index contributed by atoms with van der Waals surface area (Å²) < 4.78 is 9.85. The first kappa shape index (κ1) is 13.5. The summed E-state index contributed by atoms with van der Waals surface area (Å²) in [5.74, 6) is 0.369. The Morgan fingerprint density at radius 3 is 2.88 bits per heavy atom. The fourth-order valence-electron chi connectivity index (χ4n) is 1.56. The number of ether oxygens (including phenoxy) is 2. The van der Waals surface area contributed by atoms with E-state index >= 15 is 0 Å². The van der Waals surface area contributed by atoms with E-state index in [1.807, 2.05) is 24.3 Å².